The maximum atomic E-state index is 12.9. The van der Waals surface area contributed by atoms with Crippen molar-refractivity contribution in [2.45, 2.75) is 6.61 Å². The van der Waals surface area contributed by atoms with Gasteiger partial charge in [-0.3, -0.25) is 4.79 Å². The number of hydrogen-bond donors (Lipinski definition) is 1. The van der Waals surface area contributed by atoms with E-state index in [1.54, 1.807) is 19.2 Å². The highest BCUT2D eigenvalue weighted by molar-refractivity contribution is 6.09. The summed E-state index contributed by atoms with van der Waals surface area (Å²) in [5, 5.41) is 5.10. The smallest absolute Gasteiger partial charge is 0.255 e. The molecule has 0 unspecified atom stereocenters. The predicted molar refractivity (Wildman–Crippen MR) is 116 cm³/mol. The zero-order valence-corrected chi connectivity index (χ0v) is 16.1. The van der Waals surface area contributed by atoms with Crippen LogP contribution in [-0.4, -0.2) is 13.0 Å². The first-order valence-corrected chi connectivity index (χ1v) is 9.38. The first-order valence-electron chi connectivity index (χ1n) is 9.38. The lowest BCUT2D eigenvalue weighted by molar-refractivity contribution is 0.102. The van der Waals surface area contributed by atoms with Crippen molar-refractivity contribution in [3.63, 3.8) is 0 Å². The number of amides is 1. The van der Waals surface area contributed by atoms with E-state index < -0.39 is 0 Å². The third-order valence-corrected chi connectivity index (χ3v) is 4.72. The van der Waals surface area contributed by atoms with Crippen LogP contribution in [0, 0.1) is 0 Å². The third kappa shape index (κ3) is 4.22. The number of ether oxygens (including phenoxy) is 2. The maximum absolute atomic E-state index is 12.9. The Morgan fingerprint density at radius 2 is 1.62 bits per heavy atom. The molecule has 0 radical (unpaired) electrons. The van der Waals surface area contributed by atoms with Crippen molar-refractivity contribution in [1.82, 2.24) is 0 Å². The lowest BCUT2D eigenvalue weighted by Gasteiger charge is -2.13. The molecule has 4 aromatic carbocycles. The van der Waals surface area contributed by atoms with Crippen molar-refractivity contribution in [2.24, 2.45) is 0 Å². The summed E-state index contributed by atoms with van der Waals surface area (Å²) in [5.41, 5.74) is 2.14. The lowest BCUT2D eigenvalue weighted by atomic mass is 10.1. The van der Waals surface area contributed by atoms with E-state index in [4.69, 9.17) is 9.47 Å². The van der Waals surface area contributed by atoms with Gasteiger partial charge in [0.15, 0.2) is 0 Å². The van der Waals surface area contributed by atoms with E-state index in [1.807, 2.05) is 78.9 Å². The van der Waals surface area contributed by atoms with Gasteiger partial charge in [0.25, 0.3) is 5.91 Å². The van der Waals surface area contributed by atoms with Crippen molar-refractivity contribution in [3.8, 4) is 11.5 Å². The molecule has 29 heavy (non-hydrogen) atoms. The van der Waals surface area contributed by atoms with Gasteiger partial charge < -0.3 is 14.8 Å². The third-order valence-electron chi connectivity index (χ3n) is 4.72. The van der Waals surface area contributed by atoms with Crippen LogP contribution < -0.4 is 14.8 Å². The summed E-state index contributed by atoms with van der Waals surface area (Å²) in [7, 11) is 1.61. The average Bonchev–Trinajstić information content (AvgIpc) is 2.78. The van der Waals surface area contributed by atoms with Gasteiger partial charge in [-0.2, -0.15) is 0 Å². The van der Waals surface area contributed by atoms with Crippen LogP contribution in [0.5, 0.6) is 11.5 Å². The molecule has 4 rings (SSSR count). The highest BCUT2D eigenvalue weighted by Crippen LogP contribution is 2.25. The van der Waals surface area contributed by atoms with E-state index in [9.17, 15) is 4.79 Å². The molecular weight excluding hydrogens is 362 g/mol. The van der Waals surface area contributed by atoms with E-state index in [-0.39, 0.29) is 5.91 Å². The molecule has 4 aromatic rings. The van der Waals surface area contributed by atoms with Gasteiger partial charge in [0, 0.05) is 22.2 Å². The second-order valence-corrected chi connectivity index (χ2v) is 6.61. The highest BCUT2D eigenvalue weighted by atomic mass is 16.5. The van der Waals surface area contributed by atoms with Crippen LogP contribution in [-0.2, 0) is 6.61 Å². The van der Waals surface area contributed by atoms with Crippen LogP contribution in [0.25, 0.3) is 10.8 Å². The first-order chi connectivity index (χ1) is 14.2. The number of hydrogen-bond acceptors (Lipinski definition) is 3. The van der Waals surface area contributed by atoms with E-state index in [0.717, 1.165) is 27.8 Å². The minimum Gasteiger partial charge on any atom is -0.496 e. The fraction of sp³-hybridized carbons (Fsp3) is 0.0800. The maximum Gasteiger partial charge on any atom is 0.255 e. The van der Waals surface area contributed by atoms with E-state index in [2.05, 4.69) is 5.32 Å². The summed E-state index contributed by atoms with van der Waals surface area (Å²) in [5.74, 6) is 1.27. The van der Waals surface area contributed by atoms with Crippen molar-refractivity contribution in [3.05, 3.63) is 102 Å². The number of carbonyl (C=O) groups excluding carboxylic acids is 1. The molecule has 4 nitrogen and oxygen atoms in total. The minimum atomic E-state index is -0.176. The second-order valence-electron chi connectivity index (χ2n) is 6.61. The number of benzene rings is 4. The number of methoxy groups -OCH3 is 1. The summed E-state index contributed by atoms with van der Waals surface area (Å²) in [6, 6.07) is 28.7. The van der Waals surface area contributed by atoms with Gasteiger partial charge in [-0.05, 0) is 41.8 Å². The minimum absolute atomic E-state index is 0.176. The molecule has 0 atom stereocenters. The molecule has 0 fully saturated rings. The molecule has 0 aliphatic rings. The molecule has 4 heteroatoms. The topological polar surface area (TPSA) is 47.6 Å². The number of para-hydroxylation sites is 1. The van der Waals surface area contributed by atoms with Crippen LogP contribution in [0.1, 0.15) is 15.9 Å². The number of fused-ring (bicyclic) bond motifs is 1. The van der Waals surface area contributed by atoms with Crippen LogP contribution in [0.4, 0.5) is 5.69 Å². The number of nitrogens with one attached hydrogen (secondary N) is 1. The molecule has 0 aliphatic heterocycles. The van der Waals surface area contributed by atoms with Gasteiger partial charge in [0.2, 0.25) is 0 Å². The standard InChI is InChI=1S/C25H21NO3/c1-28-24-15-14-19(16-20(24)17-29-21-10-3-2-4-11-21)25(27)26-23-13-7-9-18-8-5-6-12-22(18)23/h2-16H,17H2,1H3,(H,26,27). The van der Waals surface area contributed by atoms with Gasteiger partial charge in [0.05, 0.1) is 7.11 Å². The molecule has 0 aromatic heterocycles. The SMILES string of the molecule is COc1ccc(C(=O)Nc2cccc3ccccc23)cc1COc1ccccc1. The van der Waals surface area contributed by atoms with Gasteiger partial charge >= 0.3 is 0 Å². The average molecular weight is 383 g/mol. The Kier molecular flexibility index (Phi) is 5.43. The van der Waals surface area contributed by atoms with Gasteiger partial charge in [-0.1, -0.05) is 54.6 Å². The fourth-order valence-corrected chi connectivity index (χ4v) is 3.24. The van der Waals surface area contributed by atoms with E-state index in [0.29, 0.717) is 17.9 Å². The van der Waals surface area contributed by atoms with Crippen molar-refractivity contribution in [2.75, 3.05) is 12.4 Å². The Morgan fingerprint density at radius 1 is 0.862 bits per heavy atom. The molecule has 144 valence electrons. The number of rotatable bonds is 6. The molecule has 0 aliphatic carbocycles. The summed E-state index contributed by atoms with van der Waals surface area (Å²) in [4.78, 5) is 12.9. The molecule has 1 N–H and O–H groups in total. The van der Waals surface area contributed by atoms with E-state index >= 15 is 0 Å². The monoisotopic (exact) mass is 383 g/mol. The molecule has 1 amide bonds. The van der Waals surface area contributed by atoms with Crippen molar-refractivity contribution >= 4 is 22.4 Å². The quantitative estimate of drug-likeness (QED) is 0.466. The Bertz CT molecular complexity index is 1130. The second kappa shape index (κ2) is 8.48. The first kappa shape index (κ1) is 18.6. The molecule has 0 saturated heterocycles. The van der Waals surface area contributed by atoms with E-state index in [1.165, 1.54) is 0 Å². The van der Waals surface area contributed by atoms with Crippen LogP contribution in [0.15, 0.2) is 91.0 Å². The normalized spacial score (nSPS) is 10.5. The molecular formula is C25H21NO3. The van der Waals surface area contributed by atoms with Gasteiger partial charge in [0.1, 0.15) is 18.1 Å². The molecule has 0 heterocycles. The summed E-state index contributed by atoms with van der Waals surface area (Å²) in [6.45, 7) is 0.308. The summed E-state index contributed by atoms with van der Waals surface area (Å²) >= 11 is 0. The van der Waals surface area contributed by atoms with Crippen LogP contribution >= 0.6 is 0 Å². The fourth-order valence-electron chi connectivity index (χ4n) is 3.24. The Labute approximate surface area is 169 Å². The lowest BCUT2D eigenvalue weighted by Crippen LogP contribution is -2.13. The Hall–Kier alpha value is -3.79. The number of anilines is 1. The van der Waals surface area contributed by atoms with Crippen LogP contribution in [0.3, 0.4) is 0 Å². The molecule has 0 saturated carbocycles. The summed E-state index contributed by atoms with van der Waals surface area (Å²) in [6.07, 6.45) is 0. The van der Waals surface area contributed by atoms with Crippen molar-refractivity contribution < 1.29 is 14.3 Å². The molecule has 0 bridgehead atoms. The van der Waals surface area contributed by atoms with Gasteiger partial charge in [-0.15, -0.1) is 0 Å². The highest BCUT2D eigenvalue weighted by Gasteiger charge is 2.12. The largest absolute Gasteiger partial charge is 0.496 e. The summed E-state index contributed by atoms with van der Waals surface area (Å²) < 4.78 is 11.3. The van der Waals surface area contributed by atoms with Gasteiger partial charge in [-0.25, -0.2) is 0 Å². The predicted octanol–water partition coefficient (Wildman–Crippen LogP) is 5.68. The van der Waals surface area contributed by atoms with Crippen molar-refractivity contribution in [1.29, 1.82) is 0 Å². The Balaban J connectivity index is 1.56. The zero-order valence-electron chi connectivity index (χ0n) is 16.1. The number of carbonyl (C=O) groups is 1. The molecule has 0 spiro atoms. The zero-order chi connectivity index (χ0) is 20.1. The van der Waals surface area contributed by atoms with Crippen LogP contribution in [0.2, 0.25) is 0 Å². The Morgan fingerprint density at radius 3 is 2.45 bits per heavy atom.